The van der Waals surface area contributed by atoms with Gasteiger partial charge in [-0.1, -0.05) is 6.92 Å². The highest BCUT2D eigenvalue weighted by Crippen LogP contribution is 2.17. The smallest absolute Gasteiger partial charge is 0.208 e. The van der Waals surface area contributed by atoms with Gasteiger partial charge in [0.2, 0.25) is 10.0 Å². The average molecular weight is 286 g/mol. The fourth-order valence-electron chi connectivity index (χ4n) is 2.45. The minimum atomic E-state index is -3.12. The van der Waals surface area contributed by atoms with Crippen LogP contribution in [0.4, 0.5) is 0 Å². The normalized spacial score (nSPS) is 15.5. The van der Waals surface area contributed by atoms with Gasteiger partial charge in [-0.2, -0.15) is 0 Å². The lowest BCUT2D eigenvalue weighted by Gasteiger charge is -2.16. The number of aryl methyl sites for hydroxylation is 1. The van der Waals surface area contributed by atoms with Gasteiger partial charge >= 0.3 is 0 Å². The van der Waals surface area contributed by atoms with E-state index in [1.807, 2.05) is 0 Å². The molecule has 1 aromatic rings. The van der Waals surface area contributed by atoms with E-state index < -0.39 is 10.0 Å². The first-order valence-electron chi connectivity index (χ1n) is 6.73. The molecule has 1 aromatic heterocycles. The second-order valence-electron chi connectivity index (χ2n) is 4.92. The summed E-state index contributed by atoms with van der Waals surface area (Å²) < 4.78 is 27.0. The number of fused-ring (bicyclic) bond motifs is 1. The summed E-state index contributed by atoms with van der Waals surface area (Å²) in [6.45, 7) is 4.99. The predicted octanol–water partition coefficient (Wildman–Crippen LogP) is 0.0305. The Hall–Kier alpha value is -0.920. The van der Waals surface area contributed by atoms with E-state index >= 15 is 0 Å². The molecule has 2 heterocycles. The monoisotopic (exact) mass is 286 g/mol. The number of aromatic nitrogens is 2. The lowest BCUT2D eigenvalue weighted by Crippen LogP contribution is -2.29. The Kier molecular flexibility index (Phi) is 4.59. The van der Waals surface area contributed by atoms with Crippen molar-refractivity contribution in [2.45, 2.75) is 39.3 Å². The first kappa shape index (κ1) is 14.5. The Balaban J connectivity index is 2.14. The molecular formula is C12H22N4O2S. The van der Waals surface area contributed by atoms with Gasteiger partial charge in [0, 0.05) is 44.7 Å². The highest BCUT2D eigenvalue weighted by Gasteiger charge is 2.19. The second kappa shape index (κ2) is 6.02. The van der Waals surface area contributed by atoms with E-state index in [0.29, 0.717) is 13.1 Å². The minimum Gasteiger partial charge on any atom is -0.330 e. The van der Waals surface area contributed by atoms with Crippen LogP contribution in [0.2, 0.25) is 0 Å². The van der Waals surface area contributed by atoms with Crippen molar-refractivity contribution in [2.75, 3.05) is 19.3 Å². The first-order valence-corrected chi connectivity index (χ1v) is 8.63. The van der Waals surface area contributed by atoms with Gasteiger partial charge in [-0.25, -0.2) is 18.1 Å². The SMILES string of the molecule is CCCc1nc2c(n1CCNS(C)(=O)=O)CCNC2. The van der Waals surface area contributed by atoms with Gasteiger partial charge in [-0.3, -0.25) is 0 Å². The van der Waals surface area contributed by atoms with Crippen molar-refractivity contribution in [3.8, 4) is 0 Å². The van der Waals surface area contributed by atoms with Crippen LogP contribution in [-0.4, -0.2) is 37.3 Å². The molecule has 1 aliphatic heterocycles. The second-order valence-corrected chi connectivity index (χ2v) is 6.75. The van der Waals surface area contributed by atoms with Gasteiger partial charge in [0.1, 0.15) is 5.82 Å². The molecule has 0 unspecified atom stereocenters. The van der Waals surface area contributed by atoms with Crippen LogP contribution < -0.4 is 10.0 Å². The van der Waals surface area contributed by atoms with E-state index in [4.69, 9.17) is 0 Å². The summed E-state index contributed by atoms with van der Waals surface area (Å²) in [5.74, 6) is 1.08. The molecule has 0 saturated heterocycles. The molecule has 0 atom stereocenters. The highest BCUT2D eigenvalue weighted by molar-refractivity contribution is 7.88. The third-order valence-electron chi connectivity index (χ3n) is 3.24. The van der Waals surface area contributed by atoms with Crippen molar-refractivity contribution in [2.24, 2.45) is 0 Å². The Morgan fingerprint density at radius 2 is 2.26 bits per heavy atom. The van der Waals surface area contributed by atoms with Gasteiger partial charge in [0.25, 0.3) is 0 Å². The van der Waals surface area contributed by atoms with Crippen molar-refractivity contribution in [1.29, 1.82) is 0 Å². The van der Waals surface area contributed by atoms with Crippen LogP contribution >= 0.6 is 0 Å². The predicted molar refractivity (Wildman–Crippen MR) is 74.5 cm³/mol. The fourth-order valence-corrected chi connectivity index (χ4v) is 2.91. The van der Waals surface area contributed by atoms with E-state index in [0.717, 1.165) is 43.9 Å². The third-order valence-corrected chi connectivity index (χ3v) is 3.97. The largest absolute Gasteiger partial charge is 0.330 e. The molecule has 0 amide bonds. The zero-order chi connectivity index (χ0) is 13.9. The van der Waals surface area contributed by atoms with Crippen LogP contribution in [0.3, 0.4) is 0 Å². The highest BCUT2D eigenvalue weighted by atomic mass is 32.2. The summed E-state index contributed by atoms with van der Waals surface area (Å²) in [6, 6.07) is 0. The first-order chi connectivity index (χ1) is 9.01. The van der Waals surface area contributed by atoms with Gasteiger partial charge in [-0.05, 0) is 6.42 Å². The van der Waals surface area contributed by atoms with Gasteiger partial charge in [0.05, 0.1) is 11.9 Å². The Labute approximate surface area is 114 Å². The zero-order valence-electron chi connectivity index (χ0n) is 11.6. The van der Waals surface area contributed by atoms with E-state index in [2.05, 4.69) is 26.5 Å². The standard InChI is InChI=1S/C12H22N4O2S/c1-3-4-12-15-10-9-13-6-5-11(10)16(12)8-7-14-19(2,17)18/h13-14H,3-9H2,1-2H3. The van der Waals surface area contributed by atoms with Crippen molar-refractivity contribution in [3.63, 3.8) is 0 Å². The van der Waals surface area contributed by atoms with Crippen LogP contribution in [-0.2, 0) is 36.0 Å². The topological polar surface area (TPSA) is 76.0 Å². The van der Waals surface area contributed by atoms with E-state index in [9.17, 15) is 8.42 Å². The van der Waals surface area contributed by atoms with Crippen LogP contribution in [0.15, 0.2) is 0 Å². The summed E-state index contributed by atoms with van der Waals surface area (Å²) in [7, 11) is -3.12. The Bertz CT molecular complexity index is 536. The van der Waals surface area contributed by atoms with Gasteiger partial charge < -0.3 is 9.88 Å². The molecule has 6 nitrogen and oxygen atoms in total. The molecule has 0 aliphatic carbocycles. The van der Waals surface area contributed by atoms with E-state index in [1.165, 1.54) is 11.9 Å². The molecule has 0 radical (unpaired) electrons. The number of nitrogens with zero attached hydrogens (tertiary/aromatic N) is 2. The van der Waals surface area contributed by atoms with Crippen LogP contribution in [0.1, 0.15) is 30.6 Å². The number of nitrogens with one attached hydrogen (secondary N) is 2. The molecule has 0 fully saturated rings. The molecule has 19 heavy (non-hydrogen) atoms. The van der Waals surface area contributed by atoms with Crippen molar-refractivity contribution in [1.82, 2.24) is 19.6 Å². The van der Waals surface area contributed by atoms with Gasteiger partial charge in [0.15, 0.2) is 0 Å². The summed E-state index contributed by atoms with van der Waals surface area (Å²) in [4.78, 5) is 4.68. The van der Waals surface area contributed by atoms with Crippen molar-refractivity contribution in [3.05, 3.63) is 17.2 Å². The molecule has 0 saturated carbocycles. The zero-order valence-corrected chi connectivity index (χ0v) is 12.4. The molecule has 1 aliphatic rings. The number of hydrogen-bond acceptors (Lipinski definition) is 4. The average Bonchev–Trinajstić information content (AvgIpc) is 2.67. The fraction of sp³-hybridized carbons (Fsp3) is 0.750. The molecular weight excluding hydrogens is 264 g/mol. The molecule has 0 aromatic carbocycles. The Morgan fingerprint density at radius 3 is 2.95 bits per heavy atom. The summed E-state index contributed by atoms with van der Waals surface area (Å²) in [5.41, 5.74) is 2.38. The maximum atomic E-state index is 11.1. The summed E-state index contributed by atoms with van der Waals surface area (Å²) in [5, 5.41) is 3.32. The quantitative estimate of drug-likeness (QED) is 0.773. The number of imidazole rings is 1. The third kappa shape index (κ3) is 3.77. The molecule has 0 bridgehead atoms. The number of hydrogen-bond donors (Lipinski definition) is 2. The molecule has 2 rings (SSSR count). The molecule has 2 N–H and O–H groups in total. The molecule has 7 heteroatoms. The molecule has 108 valence electrons. The van der Waals surface area contributed by atoms with Crippen LogP contribution in [0.5, 0.6) is 0 Å². The van der Waals surface area contributed by atoms with E-state index in [-0.39, 0.29) is 0 Å². The number of rotatable bonds is 6. The minimum absolute atomic E-state index is 0.422. The summed E-state index contributed by atoms with van der Waals surface area (Å²) >= 11 is 0. The summed E-state index contributed by atoms with van der Waals surface area (Å²) in [6.07, 6.45) is 4.13. The van der Waals surface area contributed by atoms with E-state index in [1.54, 1.807) is 0 Å². The maximum Gasteiger partial charge on any atom is 0.208 e. The van der Waals surface area contributed by atoms with Crippen LogP contribution in [0, 0.1) is 0 Å². The number of sulfonamides is 1. The van der Waals surface area contributed by atoms with Crippen molar-refractivity contribution < 1.29 is 8.42 Å². The maximum absolute atomic E-state index is 11.1. The van der Waals surface area contributed by atoms with Crippen LogP contribution in [0.25, 0.3) is 0 Å². The van der Waals surface area contributed by atoms with Crippen molar-refractivity contribution >= 4 is 10.0 Å². The lowest BCUT2D eigenvalue weighted by atomic mass is 10.2. The molecule has 0 spiro atoms. The van der Waals surface area contributed by atoms with Gasteiger partial charge in [-0.15, -0.1) is 0 Å². The Morgan fingerprint density at radius 1 is 1.47 bits per heavy atom. The lowest BCUT2D eigenvalue weighted by molar-refractivity contribution is 0.555.